The Morgan fingerprint density at radius 3 is 2.57 bits per heavy atom. The van der Waals surface area contributed by atoms with Crippen molar-refractivity contribution in [2.45, 2.75) is 12.7 Å². The Morgan fingerprint density at radius 2 is 1.86 bits per heavy atom. The van der Waals surface area contributed by atoms with Crippen molar-refractivity contribution in [3.8, 4) is 11.5 Å². The third-order valence-corrected chi connectivity index (χ3v) is 4.45. The number of likely N-dealkylation sites (N-methyl/N-ethyl adjacent to an activating group) is 1. The molecule has 0 aliphatic carbocycles. The second-order valence-corrected chi connectivity index (χ2v) is 6.65. The first-order chi connectivity index (χ1) is 13.2. The molecule has 2 aromatic carbocycles. The van der Waals surface area contributed by atoms with E-state index in [-0.39, 0.29) is 16.5 Å². The highest BCUT2D eigenvalue weighted by atomic mass is 35.5. The predicted molar refractivity (Wildman–Crippen MR) is 99.4 cm³/mol. The van der Waals surface area contributed by atoms with Gasteiger partial charge in [-0.3, -0.25) is 4.79 Å². The molecule has 0 atom stereocenters. The molecule has 0 radical (unpaired) electrons. The highest BCUT2D eigenvalue weighted by Crippen LogP contribution is 2.35. The Balaban J connectivity index is 1.67. The summed E-state index contributed by atoms with van der Waals surface area (Å²) in [5.41, 5.74) is 0.144. The lowest BCUT2D eigenvalue weighted by Crippen LogP contribution is -2.24. The van der Waals surface area contributed by atoms with E-state index in [2.05, 4.69) is 0 Å². The van der Waals surface area contributed by atoms with Crippen LogP contribution in [0.4, 0.5) is 13.2 Å². The van der Waals surface area contributed by atoms with E-state index in [1.54, 1.807) is 19.2 Å². The van der Waals surface area contributed by atoms with Crippen molar-refractivity contribution in [1.29, 1.82) is 0 Å². The summed E-state index contributed by atoms with van der Waals surface area (Å²) in [6.45, 7) is 1.28. The minimum atomic E-state index is -4.56. The molecule has 0 bridgehead atoms. The first kappa shape index (κ1) is 20.1. The normalized spacial score (nSPS) is 13.6. The molecule has 0 fully saturated rings. The Hall–Kier alpha value is -2.67. The van der Waals surface area contributed by atoms with Crippen LogP contribution >= 0.6 is 11.6 Å². The Bertz CT molecular complexity index is 912. The topological polar surface area (TPSA) is 38.8 Å². The number of rotatable bonds is 4. The number of hydrogen-bond acceptors (Lipinski definition) is 3. The minimum absolute atomic E-state index is 0.234. The largest absolute Gasteiger partial charge is 0.486 e. The minimum Gasteiger partial charge on any atom is -0.486 e. The van der Waals surface area contributed by atoms with Gasteiger partial charge in [-0.1, -0.05) is 23.7 Å². The van der Waals surface area contributed by atoms with Crippen molar-refractivity contribution in [2.75, 3.05) is 20.3 Å². The summed E-state index contributed by atoms with van der Waals surface area (Å²) in [6, 6.07) is 8.90. The van der Waals surface area contributed by atoms with E-state index in [1.165, 1.54) is 23.1 Å². The number of amides is 1. The highest BCUT2D eigenvalue weighted by Gasteiger charge is 2.33. The maximum absolute atomic E-state index is 12.9. The van der Waals surface area contributed by atoms with E-state index in [4.69, 9.17) is 21.1 Å². The molecular weight excluding hydrogens is 395 g/mol. The van der Waals surface area contributed by atoms with Gasteiger partial charge in [0.25, 0.3) is 0 Å². The van der Waals surface area contributed by atoms with Crippen LogP contribution in [0.1, 0.15) is 16.7 Å². The van der Waals surface area contributed by atoms with Gasteiger partial charge in [0.15, 0.2) is 11.5 Å². The van der Waals surface area contributed by atoms with Crippen LogP contribution in [0.2, 0.25) is 5.02 Å². The highest BCUT2D eigenvalue weighted by molar-refractivity contribution is 6.31. The van der Waals surface area contributed by atoms with Crippen LogP contribution in [-0.2, 0) is 17.5 Å². The van der Waals surface area contributed by atoms with Gasteiger partial charge >= 0.3 is 6.18 Å². The average molecular weight is 412 g/mol. The molecule has 0 unspecified atom stereocenters. The smallest absolute Gasteiger partial charge is 0.417 e. The molecule has 1 heterocycles. The molecule has 148 valence electrons. The molecule has 0 saturated heterocycles. The lowest BCUT2D eigenvalue weighted by atomic mass is 10.1. The van der Waals surface area contributed by atoms with E-state index >= 15 is 0 Å². The van der Waals surface area contributed by atoms with Gasteiger partial charge in [0, 0.05) is 19.7 Å². The zero-order valence-corrected chi connectivity index (χ0v) is 15.7. The number of fused-ring (bicyclic) bond motifs is 1. The van der Waals surface area contributed by atoms with Crippen molar-refractivity contribution in [2.24, 2.45) is 0 Å². The number of carbonyl (C=O) groups is 1. The van der Waals surface area contributed by atoms with Gasteiger partial charge in [-0.25, -0.2) is 0 Å². The molecule has 0 N–H and O–H groups in total. The average Bonchev–Trinajstić information content (AvgIpc) is 2.66. The number of carbonyl (C=O) groups excluding carboxylic acids is 1. The zero-order chi connectivity index (χ0) is 20.3. The maximum Gasteiger partial charge on any atom is 0.417 e. The molecule has 0 aromatic heterocycles. The third kappa shape index (κ3) is 4.78. The van der Waals surface area contributed by atoms with Crippen LogP contribution in [0.5, 0.6) is 11.5 Å². The van der Waals surface area contributed by atoms with Crippen LogP contribution < -0.4 is 9.47 Å². The fourth-order valence-corrected chi connectivity index (χ4v) is 2.92. The summed E-state index contributed by atoms with van der Waals surface area (Å²) in [5.74, 6) is 0.937. The summed E-state index contributed by atoms with van der Waals surface area (Å²) in [5, 5.41) is -0.383. The van der Waals surface area contributed by atoms with E-state index in [0.29, 0.717) is 31.3 Å². The van der Waals surface area contributed by atoms with Crippen molar-refractivity contribution < 1.29 is 27.4 Å². The van der Waals surface area contributed by atoms with Crippen LogP contribution in [0, 0.1) is 0 Å². The van der Waals surface area contributed by atoms with Crippen LogP contribution in [0.25, 0.3) is 6.08 Å². The number of ether oxygens (including phenoxy) is 2. The second-order valence-electron chi connectivity index (χ2n) is 6.24. The van der Waals surface area contributed by atoms with E-state index in [9.17, 15) is 18.0 Å². The van der Waals surface area contributed by atoms with Crippen molar-refractivity contribution in [3.05, 3.63) is 64.2 Å². The summed E-state index contributed by atoms with van der Waals surface area (Å²) >= 11 is 5.60. The monoisotopic (exact) mass is 411 g/mol. The lowest BCUT2D eigenvalue weighted by Gasteiger charge is -2.20. The van der Waals surface area contributed by atoms with Gasteiger partial charge in [-0.15, -0.1) is 0 Å². The van der Waals surface area contributed by atoms with Gasteiger partial charge in [0.2, 0.25) is 5.91 Å². The Labute approximate surface area is 165 Å². The SMILES string of the molecule is CN(Cc1ccc2c(c1)OCCO2)C(=O)/C=C/c1ccc(Cl)c(C(F)(F)F)c1. The summed E-state index contributed by atoms with van der Waals surface area (Å²) in [7, 11) is 1.60. The van der Waals surface area contributed by atoms with E-state index in [1.807, 2.05) is 6.07 Å². The standard InChI is InChI=1S/C20H17ClF3NO3/c1-25(12-14-3-6-17-18(11-14)28-9-8-27-17)19(26)7-4-13-2-5-16(21)15(10-13)20(22,23)24/h2-7,10-11H,8-9,12H2,1H3/b7-4+. The van der Waals surface area contributed by atoms with Gasteiger partial charge in [-0.05, 0) is 41.5 Å². The lowest BCUT2D eigenvalue weighted by molar-refractivity contribution is -0.137. The number of hydrogen-bond donors (Lipinski definition) is 0. The van der Waals surface area contributed by atoms with Crippen LogP contribution in [-0.4, -0.2) is 31.1 Å². The van der Waals surface area contributed by atoms with Crippen molar-refractivity contribution in [3.63, 3.8) is 0 Å². The molecule has 8 heteroatoms. The first-order valence-corrected chi connectivity index (χ1v) is 8.80. The van der Waals surface area contributed by atoms with E-state index in [0.717, 1.165) is 17.7 Å². The van der Waals surface area contributed by atoms with Crippen molar-refractivity contribution >= 4 is 23.6 Å². The fourth-order valence-electron chi connectivity index (χ4n) is 2.70. The molecule has 2 aromatic rings. The molecule has 0 spiro atoms. The predicted octanol–water partition coefficient (Wildman–Crippen LogP) is 4.80. The number of alkyl halides is 3. The Morgan fingerprint density at radius 1 is 1.14 bits per heavy atom. The van der Waals surface area contributed by atoms with Crippen LogP contribution in [0.3, 0.4) is 0 Å². The zero-order valence-electron chi connectivity index (χ0n) is 14.9. The number of halogens is 4. The molecule has 28 heavy (non-hydrogen) atoms. The second kappa shape index (κ2) is 8.14. The van der Waals surface area contributed by atoms with Crippen molar-refractivity contribution in [1.82, 2.24) is 4.90 Å². The molecule has 1 amide bonds. The summed E-state index contributed by atoms with van der Waals surface area (Å²) in [4.78, 5) is 13.7. The first-order valence-electron chi connectivity index (χ1n) is 8.42. The molecule has 4 nitrogen and oxygen atoms in total. The fraction of sp³-hybridized carbons (Fsp3) is 0.250. The molecule has 0 saturated carbocycles. The molecule has 1 aliphatic rings. The third-order valence-electron chi connectivity index (χ3n) is 4.12. The number of benzene rings is 2. The van der Waals surface area contributed by atoms with Gasteiger partial charge in [0.1, 0.15) is 13.2 Å². The maximum atomic E-state index is 12.9. The number of nitrogens with zero attached hydrogens (tertiary/aromatic N) is 1. The van der Waals surface area contributed by atoms with Crippen LogP contribution in [0.15, 0.2) is 42.5 Å². The quantitative estimate of drug-likeness (QED) is 0.678. The molecule has 3 rings (SSSR count). The summed E-state index contributed by atoms with van der Waals surface area (Å²) < 4.78 is 49.7. The molecular formula is C20H17ClF3NO3. The van der Waals surface area contributed by atoms with Gasteiger partial charge < -0.3 is 14.4 Å². The Kier molecular flexibility index (Phi) is 5.84. The summed E-state index contributed by atoms with van der Waals surface area (Å²) in [6.07, 6.45) is -2.00. The van der Waals surface area contributed by atoms with E-state index < -0.39 is 11.7 Å². The van der Waals surface area contributed by atoms with Gasteiger partial charge in [0.05, 0.1) is 10.6 Å². The van der Waals surface area contributed by atoms with Gasteiger partial charge in [-0.2, -0.15) is 13.2 Å². The molecule has 1 aliphatic heterocycles.